The van der Waals surface area contributed by atoms with Crippen molar-refractivity contribution in [1.82, 2.24) is 15.0 Å². The summed E-state index contributed by atoms with van der Waals surface area (Å²) in [6, 6.07) is 4.36. The first-order chi connectivity index (χ1) is 17.1. The third-order valence-corrected chi connectivity index (χ3v) is 11.1. The number of aromatic nitrogens is 3. The molecule has 8 atom stereocenters. The minimum atomic E-state index is -0.556. The van der Waals surface area contributed by atoms with Gasteiger partial charge in [-0.2, -0.15) is 15.0 Å². The average molecular weight is 498 g/mol. The highest BCUT2D eigenvalue weighted by atomic mass is 19.1. The van der Waals surface area contributed by atoms with Crippen LogP contribution in [0.25, 0.3) is 11.0 Å². The average Bonchev–Trinajstić information content (AvgIpc) is 3.38. The highest BCUT2D eigenvalue weighted by molar-refractivity contribution is 5.82. The fourth-order valence-corrected chi connectivity index (χ4v) is 9.56. The summed E-state index contributed by atoms with van der Waals surface area (Å²) >= 11 is 0. The molecule has 0 bridgehead atoms. The molecule has 4 aliphatic carbocycles. The van der Waals surface area contributed by atoms with Crippen molar-refractivity contribution in [3.05, 3.63) is 24.0 Å². The van der Waals surface area contributed by atoms with E-state index in [1.54, 1.807) is 6.07 Å². The zero-order valence-electron chi connectivity index (χ0n) is 21.9. The summed E-state index contributed by atoms with van der Waals surface area (Å²) in [6.07, 6.45) is 9.42. The van der Waals surface area contributed by atoms with Gasteiger partial charge in [0.15, 0.2) is 5.78 Å². The molecule has 1 heterocycles. The minimum Gasteiger partial charge on any atom is -0.390 e. The lowest BCUT2D eigenvalue weighted by Gasteiger charge is -2.62. The number of hydrogen-bond donors (Lipinski definition) is 1. The fourth-order valence-electron chi connectivity index (χ4n) is 9.56. The molecule has 6 rings (SSSR count). The maximum Gasteiger partial charge on any atom is 0.159 e. The van der Waals surface area contributed by atoms with E-state index in [0.717, 1.165) is 58.0 Å². The second-order valence-electron chi connectivity index (χ2n) is 13.0. The Morgan fingerprint density at radius 1 is 1.08 bits per heavy atom. The Hall–Kier alpha value is -1.86. The molecule has 0 unspecified atom stereocenters. The maximum atomic E-state index is 13.6. The molecule has 0 radical (unpaired) electrons. The van der Waals surface area contributed by atoms with Gasteiger partial charge in [0.05, 0.1) is 12.2 Å². The molecule has 196 valence electrons. The number of Topliss-reactive ketones (excluding diaryl/α,β-unsaturated/α-hetero) is 1. The van der Waals surface area contributed by atoms with Gasteiger partial charge in [-0.25, -0.2) is 4.39 Å². The van der Waals surface area contributed by atoms with E-state index in [2.05, 4.69) is 17.1 Å². The SMILES string of the molecule is COC[C@]12CC[C@@](C)(O)C[C@H]1CC[C@H]1[C@@H]3CC[C@H](C(=O)Cn4nc5ccc(F)cc5n4)[C@@]3(C)CC[C@@H]12. The van der Waals surface area contributed by atoms with Crippen molar-refractivity contribution in [3.63, 3.8) is 0 Å². The molecule has 4 fully saturated rings. The van der Waals surface area contributed by atoms with Crippen LogP contribution in [0.1, 0.15) is 71.6 Å². The number of carbonyl (C=O) groups is 1. The monoisotopic (exact) mass is 497 g/mol. The first-order valence-corrected chi connectivity index (χ1v) is 13.9. The molecule has 4 saturated carbocycles. The highest BCUT2D eigenvalue weighted by Crippen LogP contribution is 2.68. The van der Waals surface area contributed by atoms with Gasteiger partial charge in [0.2, 0.25) is 0 Å². The quantitative estimate of drug-likeness (QED) is 0.616. The number of fused-ring (bicyclic) bond motifs is 6. The highest BCUT2D eigenvalue weighted by Gasteiger charge is 2.63. The molecule has 0 spiro atoms. The first-order valence-electron chi connectivity index (χ1n) is 13.9. The van der Waals surface area contributed by atoms with Crippen molar-refractivity contribution < 1.29 is 19.0 Å². The lowest BCUT2D eigenvalue weighted by Crippen LogP contribution is -2.58. The largest absolute Gasteiger partial charge is 0.390 e. The molecule has 1 aromatic carbocycles. The standard InChI is InChI=1S/C29H40FN3O3/c1-27(35)12-13-29(17-36-3)18(15-27)4-6-20-21-7-8-23(28(21,2)11-10-22(20)29)26(34)16-33-31-24-9-5-19(30)14-25(24)32-33/h5,9,14,18,20-23,35H,4,6-8,10-13,15-17H2,1-3H3/t18-,20+,21+,22+,23-,27-,28+,29-/m1/s1. The zero-order valence-corrected chi connectivity index (χ0v) is 21.9. The Labute approximate surface area is 213 Å². The Morgan fingerprint density at radius 3 is 2.69 bits per heavy atom. The van der Waals surface area contributed by atoms with E-state index in [1.165, 1.54) is 23.4 Å². The van der Waals surface area contributed by atoms with Crippen LogP contribution in [0.5, 0.6) is 0 Å². The number of carbonyl (C=O) groups excluding carboxylic acids is 1. The third kappa shape index (κ3) is 3.75. The van der Waals surface area contributed by atoms with E-state index < -0.39 is 5.60 Å². The number of rotatable bonds is 5. The van der Waals surface area contributed by atoms with Crippen LogP contribution in [0, 0.1) is 46.2 Å². The van der Waals surface area contributed by atoms with E-state index in [9.17, 15) is 14.3 Å². The summed E-state index contributed by atoms with van der Waals surface area (Å²) < 4.78 is 19.5. The maximum absolute atomic E-state index is 13.6. The number of aliphatic hydroxyl groups is 1. The van der Waals surface area contributed by atoms with Crippen molar-refractivity contribution in [2.24, 2.45) is 40.4 Å². The van der Waals surface area contributed by atoms with E-state index in [1.807, 2.05) is 14.0 Å². The summed E-state index contributed by atoms with van der Waals surface area (Å²) in [5.41, 5.74) is 0.729. The Kier molecular flexibility index (Phi) is 5.84. The van der Waals surface area contributed by atoms with Crippen molar-refractivity contribution in [2.45, 2.75) is 83.8 Å². The summed E-state index contributed by atoms with van der Waals surface area (Å²) in [7, 11) is 1.83. The Balaban J connectivity index is 1.22. The van der Waals surface area contributed by atoms with Crippen LogP contribution in [0.3, 0.4) is 0 Å². The van der Waals surface area contributed by atoms with E-state index in [0.29, 0.717) is 34.7 Å². The zero-order chi connectivity index (χ0) is 25.3. The van der Waals surface area contributed by atoms with Gasteiger partial charge < -0.3 is 9.84 Å². The van der Waals surface area contributed by atoms with Crippen LogP contribution < -0.4 is 0 Å². The summed E-state index contributed by atoms with van der Waals surface area (Å²) in [6.45, 7) is 5.32. The first kappa shape index (κ1) is 24.5. The lowest BCUT2D eigenvalue weighted by atomic mass is 9.43. The molecule has 6 nitrogen and oxygen atoms in total. The van der Waals surface area contributed by atoms with Crippen molar-refractivity contribution in [2.75, 3.05) is 13.7 Å². The van der Waals surface area contributed by atoms with E-state index in [-0.39, 0.29) is 34.9 Å². The van der Waals surface area contributed by atoms with Crippen LogP contribution in [0.15, 0.2) is 18.2 Å². The van der Waals surface area contributed by atoms with Gasteiger partial charge in [0.25, 0.3) is 0 Å². The molecular weight excluding hydrogens is 457 g/mol. The van der Waals surface area contributed by atoms with Gasteiger partial charge in [-0.05, 0) is 111 Å². The Morgan fingerprint density at radius 2 is 1.89 bits per heavy atom. The number of halogens is 1. The van der Waals surface area contributed by atoms with Crippen molar-refractivity contribution in [1.29, 1.82) is 0 Å². The molecular formula is C29H40FN3O3. The number of ketones is 1. The molecule has 7 heteroatoms. The van der Waals surface area contributed by atoms with Crippen LogP contribution in [-0.4, -0.2) is 45.2 Å². The molecule has 1 N–H and O–H groups in total. The van der Waals surface area contributed by atoms with Gasteiger partial charge in [-0.1, -0.05) is 6.92 Å². The summed E-state index contributed by atoms with van der Waals surface area (Å²) in [4.78, 5) is 15.1. The molecule has 0 saturated heterocycles. The normalized spacial score (nSPS) is 42.1. The van der Waals surface area contributed by atoms with Crippen molar-refractivity contribution >= 4 is 16.8 Å². The van der Waals surface area contributed by atoms with E-state index in [4.69, 9.17) is 4.74 Å². The van der Waals surface area contributed by atoms with Crippen molar-refractivity contribution in [3.8, 4) is 0 Å². The van der Waals surface area contributed by atoms with E-state index >= 15 is 0 Å². The number of hydrogen-bond acceptors (Lipinski definition) is 5. The Bertz CT molecular complexity index is 1160. The van der Waals surface area contributed by atoms with Gasteiger partial charge in [-0.15, -0.1) is 0 Å². The number of methoxy groups -OCH3 is 1. The third-order valence-electron chi connectivity index (χ3n) is 11.1. The minimum absolute atomic E-state index is 0.0121. The molecule has 0 amide bonds. The molecule has 1 aromatic heterocycles. The predicted molar refractivity (Wildman–Crippen MR) is 135 cm³/mol. The summed E-state index contributed by atoms with van der Waals surface area (Å²) in [5, 5.41) is 19.7. The lowest BCUT2D eigenvalue weighted by molar-refractivity contribution is -0.175. The van der Waals surface area contributed by atoms with Crippen LogP contribution >= 0.6 is 0 Å². The number of ether oxygens (including phenoxy) is 1. The molecule has 36 heavy (non-hydrogen) atoms. The second-order valence-corrected chi connectivity index (χ2v) is 13.0. The topological polar surface area (TPSA) is 77.2 Å². The predicted octanol–water partition coefficient (Wildman–Crippen LogP) is 5.18. The number of nitrogens with zero attached hydrogens (tertiary/aromatic N) is 3. The van der Waals surface area contributed by atoms with Crippen LogP contribution in [0.4, 0.5) is 4.39 Å². The van der Waals surface area contributed by atoms with Gasteiger partial charge in [0, 0.05) is 19.1 Å². The molecule has 4 aliphatic rings. The number of benzene rings is 1. The second kappa shape index (κ2) is 8.59. The van der Waals surface area contributed by atoms with Crippen LogP contribution in [-0.2, 0) is 16.1 Å². The van der Waals surface area contributed by atoms with Gasteiger partial charge in [0.1, 0.15) is 23.4 Å². The van der Waals surface area contributed by atoms with Crippen LogP contribution in [0.2, 0.25) is 0 Å². The fraction of sp³-hybridized carbons (Fsp3) is 0.759. The van der Waals surface area contributed by atoms with Gasteiger partial charge >= 0.3 is 0 Å². The van der Waals surface area contributed by atoms with Gasteiger partial charge in [-0.3, -0.25) is 4.79 Å². The molecule has 0 aliphatic heterocycles. The summed E-state index contributed by atoms with van der Waals surface area (Å²) in [5.74, 6) is 2.23. The smallest absolute Gasteiger partial charge is 0.159 e. The molecule has 2 aromatic rings.